The van der Waals surface area contributed by atoms with Crippen LogP contribution in [0.1, 0.15) is 40.5 Å². The molecule has 0 bridgehead atoms. The van der Waals surface area contributed by atoms with E-state index in [2.05, 4.69) is 10.0 Å². The Labute approximate surface area is 169 Å². The summed E-state index contributed by atoms with van der Waals surface area (Å²) in [5.41, 5.74) is 1.17. The van der Waals surface area contributed by atoms with E-state index in [1.54, 1.807) is 24.3 Å². The van der Waals surface area contributed by atoms with Crippen molar-refractivity contribution in [3.05, 3.63) is 58.6 Å². The van der Waals surface area contributed by atoms with Gasteiger partial charge in [0.05, 0.1) is 29.0 Å². The average Bonchev–Trinajstić information content (AvgIpc) is 2.63. The fourth-order valence-electron chi connectivity index (χ4n) is 2.26. The third-order valence-electron chi connectivity index (χ3n) is 3.62. The second-order valence-corrected chi connectivity index (χ2v) is 8.25. The molecule has 28 heavy (non-hydrogen) atoms. The molecule has 0 aliphatic rings. The third-order valence-corrected chi connectivity index (χ3v) is 4.56. The van der Waals surface area contributed by atoms with Gasteiger partial charge in [0.2, 0.25) is 10.0 Å². The molecule has 0 unspecified atom stereocenters. The Hall–Kier alpha value is -2.58. The zero-order chi connectivity index (χ0) is 20.7. The van der Waals surface area contributed by atoms with Crippen LogP contribution in [0.25, 0.3) is 0 Å². The van der Waals surface area contributed by atoms with Gasteiger partial charge in [0, 0.05) is 11.4 Å². The number of ether oxygens (including phenoxy) is 1. The van der Waals surface area contributed by atoms with Crippen LogP contribution in [-0.2, 0) is 14.8 Å². The van der Waals surface area contributed by atoms with Crippen molar-refractivity contribution in [3.63, 3.8) is 0 Å². The van der Waals surface area contributed by atoms with Crippen molar-refractivity contribution in [1.29, 1.82) is 0 Å². The lowest BCUT2D eigenvalue weighted by atomic mass is 10.1. The monoisotopic (exact) mass is 424 g/mol. The first-order valence-electron chi connectivity index (χ1n) is 8.55. The van der Waals surface area contributed by atoms with Gasteiger partial charge in [-0.15, -0.1) is 0 Å². The van der Waals surface area contributed by atoms with E-state index in [1.807, 2.05) is 6.92 Å². The number of benzene rings is 2. The van der Waals surface area contributed by atoms with E-state index in [0.717, 1.165) is 19.1 Å². The van der Waals surface area contributed by atoms with Gasteiger partial charge in [-0.05, 0) is 48.9 Å². The van der Waals surface area contributed by atoms with Gasteiger partial charge in [-0.25, -0.2) is 13.2 Å². The predicted molar refractivity (Wildman–Crippen MR) is 110 cm³/mol. The lowest BCUT2D eigenvalue weighted by Crippen LogP contribution is -2.14. The van der Waals surface area contributed by atoms with Crippen LogP contribution in [0.5, 0.6) is 0 Å². The second-order valence-electron chi connectivity index (χ2n) is 6.09. The molecule has 2 aromatic rings. The number of hydrogen-bond donors (Lipinski definition) is 2. The van der Waals surface area contributed by atoms with E-state index >= 15 is 0 Å². The minimum absolute atomic E-state index is 0.110. The van der Waals surface area contributed by atoms with Crippen LogP contribution in [-0.4, -0.2) is 33.2 Å². The van der Waals surface area contributed by atoms with Crippen molar-refractivity contribution in [2.24, 2.45) is 0 Å². The molecule has 2 aromatic carbocycles. The van der Waals surface area contributed by atoms with E-state index < -0.39 is 21.9 Å². The Morgan fingerprint density at radius 3 is 2.32 bits per heavy atom. The summed E-state index contributed by atoms with van der Waals surface area (Å²) in [5.74, 6) is -0.936. The predicted octanol–water partition coefficient (Wildman–Crippen LogP) is 3.92. The lowest BCUT2D eigenvalue weighted by Gasteiger charge is -2.10. The second kappa shape index (κ2) is 9.57. The summed E-state index contributed by atoms with van der Waals surface area (Å²) in [7, 11) is -3.48. The largest absolute Gasteiger partial charge is 0.462 e. The van der Waals surface area contributed by atoms with Crippen molar-refractivity contribution < 1.29 is 22.7 Å². The molecule has 0 saturated carbocycles. The van der Waals surface area contributed by atoms with Crippen molar-refractivity contribution in [2.45, 2.75) is 19.8 Å². The van der Waals surface area contributed by atoms with Gasteiger partial charge < -0.3 is 10.1 Å². The number of nitrogens with one attached hydrogen (secondary N) is 2. The zero-order valence-electron chi connectivity index (χ0n) is 15.5. The molecule has 0 spiro atoms. The highest BCUT2D eigenvalue weighted by atomic mass is 35.5. The molecule has 0 atom stereocenters. The molecule has 0 heterocycles. The first kappa shape index (κ1) is 21.7. The Bertz CT molecular complexity index is 959. The highest BCUT2D eigenvalue weighted by Gasteiger charge is 2.14. The standard InChI is InChI=1S/C19H21ClN2O5S/c1-3-4-11-27-19(24)13-5-7-14(8-6-13)21-18(23)16-12-15(9-10-17(16)20)22-28(2,25)26/h5-10,12,22H,3-4,11H2,1-2H3,(H,21,23). The van der Waals surface area contributed by atoms with E-state index in [0.29, 0.717) is 17.9 Å². The topological polar surface area (TPSA) is 102 Å². The average molecular weight is 425 g/mol. The Balaban J connectivity index is 2.08. The van der Waals surface area contributed by atoms with Crippen LogP contribution < -0.4 is 10.0 Å². The molecule has 2 N–H and O–H groups in total. The number of amides is 1. The van der Waals surface area contributed by atoms with Crippen LogP contribution in [0.2, 0.25) is 5.02 Å². The lowest BCUT2D eigenvalue weighted by molar-refractivity contribution is 0.0499. The van der Waals surface area contributed by atoms with Crippen molar-refractivity contribution in [2.75, 3.05) is 22.9 Å². The summed E-state index contributed by atoms with van der Waals surface area (Å²) >= 11 is 6.06. The summed E-state index contributed by atoms with van der Waals surface area (Å²) in [6.07, 6.45) is 2.74. The fraction of sp³-hybridized carbons (Fsp3) is 0.263. The molecule has 0 aliphatic heterocycles. The molecule has 150 valence electrons. The van der Waals surface area contributed by atoms with Crippen LogP contribution >= 0.6 is 11.6 Å². The first-order valence-corrected chi connectivity index (χ1v) is 10.8. The van der Waals surface area contributed by atoms with Gasteiger partial charge in [-0.2, -0.15) is 0 Å². The highest BCUT2D eigenvalue weighted by Crippen LogP contribution is 2.23. The zero-order valence-corrected chi connectivity index (χ0v) is 17.1. The Kier molecular flexibility index (Phi) is 7.42. The molecule has 1 amide bonds. The molecular weight excluding hydrogens is 404 g/mol. The van der Waals surface area contributed by atoms with Crippen LogP contribution in [0.3, 0.4) is 0 Å². The summed E-state index contributed by atoms with van der Waals surface area (Å²) < 4.78 is 30.1. The number of sulfonamides is 1. The Morgan fingerprint density at radius 1 is 1.07 bits per heavy atom. The van der Waals surface area contributed by atoms with Crippen molar-refractivity contribution in [1.82, 2.24) is 0 Å². The van der Waals surface area contributed by atoms with E-state index in [1.165, 1.54) is 18.2 Å². The number of unbranched alkanes of at least 4 members (excludes halogenated alkanes) is 1. The van der Waals surface area contributed by atoms with Gasteiger partial charge in [0.15, 0.2) is 0 Å². The molecule has 0 aliphatic carbocycles. The molecule has 0 fully saturated rings. The number of rotatable bonds is 8. The summed E-state index contributed by atoms with van der Waals surface area (Å²) in [6, 6.07) is 10.5. The summed E-state index contributed by atoms with van der Waals surface area (Å²) in [4.78, 5) is 24.4. The third kappa shape index (κ3) is 6.54. The van der Waals surface area contributed by atoms with Gasteiger partial charge >= 0.3 is 5.97 Å². The number of halogens is 1. The van der Waals surface area contributed by atoms with Gasteiger partial charge in [-0.3, -0.25) is 9.52 Å². The number of carbonyl (C=O) groups excluding carboxylic acids is 2. The first-order chi connectivity index (χ1) is 13.2. The fourth-order valence-corrected chi connectivity index (χ4v) is 3.02. The number of anilines is 2. The maximum atomic E-state index is 12.5. The summed E-state index contributed by atoms with van der Waals surface area (Å²) in [6.45, 7) is 2.37. The minimum atomic E-state index is -3.48. The molecule has 7 nitrogen and oxygen atoms in total. The normalized spacial score (nSPS) is 11.0. The Morgan fingerprint density at radius 2 is 1.71 bits per heavy atom. The van der Waals surface area contributed by atoms with E-state index in [9.17, 15) is 18.0 Å². The molecule has 9 heteroatoms. The highest BCUT2D eigenvalue weighted by molar-refractivity contribution is 7.92. The molecule has 2 rings (SSSR count). The maximum Gasteiger partial charge on any atom is 0.338 e. The van der Waals surface area contributed by atoms with Crippen LogP contribution in [0, 0.1) is 0 Å². The molecule has 0 radical (unpaired) electrons. The minimum Gasteiger partial charge on any atom is -0.462 e. The number of esters is 1. The van der Waals surface area contributed by atoms with Crippen molar-refractivity contribution in [3.8, 4) is 0 Å². The molecule has 0 aromatic heterocycles. The van der Waals surface area contributed by atoms with Crippen LogP contribution in [0.4, 0.5) is 11.4 Å². The van der Waals surface area contributed by atoms with Crippen LogP contribution in [0.15, 0.2) is 42.5 Å². The quantitative estimate of drug-likeness (QED) is 0.494. The SMILES string of the molecule is CCCCOC(=O)c1ccc(NC(=O)c2cc(NS(C)(=O)=O)ccc2Cl)cc1. The van der Waals surface area contributed by atoms with Gasteiger partial charge in [0.25, 0.3) is 5.91 Å². The maximum absolute atomic E-state index is 12.5. The smallest absolute Gasteiger partial charge is 0.338 e. The number of carbonyl (C=O) groups is 2. The molecular formula is C19H21ClN2O5S. The molecule has 0 saturated heterocycles. The van der Waals surface area contributed by atoms with Gasteiger partial charge in [-0.1, -0.05) is 24.9 Å². The van der Waals surface area contributed by atoms with Crippen molar-refractivity contribution >= 4 is 44.9 Å². The van der Waals surface area contributed by atoms with E-state index in [4.69, 9.17) is 16.3 Å². The summed E-state index contributed by atoms with van der Waals surface area (Å²) in [5, 5.41) is 2.83. The van der Waals surface area contributed by atoms with Gasteiger partial charge in [0.1, 0.15) is 0 Å². The van der Waals surface area contributed by atoms with E-state index in [-0.39, 0.29) is 16.3 Å². The number of hydrogen-bond acceptors (Lipinski definition) is 5.